The molecule has 1 aromatic carbocycles. The highest BCUT2D eigenvalue weighted by Crippen LogP contribution is 2.38. The first kappa shape index (κ1) is 20.0. The molecular weight excluding hydrogens is 369 g/mol. The van der Waals surface area contributed by atoms with E-state index in [0.717, 1.165) is 23.8 Å². The second kappa shape index (κ2) is 8.08. The highest BCUT2D eigenvalue weighted by molar-refractivity contribution is 6.08. The first-order chi connectivity index (χ1) is 13.3. The number of esters is 1. The van der Waals surface area contributed by atoms with E-state index >= 15 is 0 Å². The third-order valence-corrected chi connectivity index (χ3v) is 5.42. The zero-order chi connectivity index (χ0) is 20.4. The Morgan fingerprint density at radius 1 is 1.18 bits per heavy atom. The summed E-state index contributed by atoms with van der Waals surface area (Å²) in [5.41, 5.74) is 0.0260. The number of carbonyl (C=O) groups excluding carboxylic acids is 4. The second-order valence-electron chi connectivity index (χ2n) is 7.10. The Kier molecular flexibility index (Phi) is 5.76. The Morgan fingerprint density at radius 2 is 1.79 bits per heavy atom. The summed E-state index contributed by atoms with van der Waals surface area (Å²) in [7, 11) is 1.31. The lowest BCUT2D eigenvalue weighted by Gasteiger charge is -2.21. The lowest BCUT2D eigenvalue weighted by molar-refractivity contribution is -0.157. The number of likely N-dealkylation sites (tertiary alicyclic amines) is 1. The molecule has 150 valence electrons. The Morgan fingerprint density at radius 3 is 2.32 bits per heavy atom. The van der Waals surface area contributed by atoms with E-state index in [1.165, 1.54) is 26.2 Å². The van der Waals surface area contributed by atoms with Gasteiger partial charge in [0.1, 0.15) is 6.04 Å². The fourth-order valence-corrected chi connectivity index (χ4v) is 3.86. The molecule has 8 heteroatoms. The molecule has 0 radical (unpaired) electrons. The van der Waals surface area contributed by atoms with Gasteiger partial charge in [0.25, 0.3) is 0 Å². The summed E-state index contributed by atoms with van der Waals surface area (Å²) in [5, 5.41) is 0. The average molecular weight is 391 g/mol. The topological polar surface area (TPSA) is 90.0 Å². The molecule has 7 nitrogen and oxygen atoms in total. The molecule has 2 fully saturated rings. The van der Waals surface area contributed by atoms with Gasteiger partial charge >= 0.3 is 5.97 Å². The van der Waals surface area contributed by atoms with Crippen molar-refractivity contribution in [1.82, 2.24) is 4.90 Å². The Balaban J connectivity index is 1.61. The van der Waals surface area contributed by atoms with Crippen molar-refractivity contribution in [3.05, 3.63) is 29.6 Å². The van der Waals surface area contributed by atoms with E-state index < -0.39 is 30.2 Å². The summed E-state index contributed by atoms with van der Waals surface area (Å²) in [6.07, 6.45) is 3.07. The molecule has 3 rings (SSSR count). The van der Waals surface area contributed by atoms with Gasteiger partial charge in [-0.3, -0.25) is 19.3 Å². The molecule has 1 aliphatic carbocycles. The number of halogens is 1. The number of nitrogens with zero attached hydrogens (tertiary/aromatic N) is 1. The fraction of sp³-hybridized carbons (Fsp3) is 0.500. The van der Waals surface area contributed by atoms with Crippen molar-refractivity contribution in [1.29, 1.82) is 0 Å². The number of ether oxygens (including phenoxy) is 2. The largest absolute Gasteiger partial charge is 0.494 e. The van der Waals surface area contributed by atoms with Crippen molar-refractivity contribution in [3.8, 4) is 5.75 Å². The quantitative estimate of drug-likeness (QED) is 0.419. The predicted molar refractivity (Wildman–Crippen MR) is 95.0 cm³/mol. The first-order valence-electron chi connectivity index (χ1n) is 9.25. The van der Waals surface area contributed by atoms with Gasteiger partial charge in [0, 0.05) is 5.56 Å². The van der Waals surface area contributed by atoms with Crippen LogP contribution in [0.25, 0.3) is 0 Å². The number of methoxy groups -OCH3 is 1. The average Bonchev–Trinajstić information content (AvgIpc) is 2.96. The molecule has 28 heavy (non-hydrogen) atoms. The number of rotatable bonds is 6. The van der Waals surface area contributed by atoms with E-state index in [1.54, 1.807) is 0 Å². The summed E-state index contributed by atoms with van der Waals surface area (Å²) in [4.78, 5) is 50.5. The normalized spacial score (nSPS) is 22.6. The van der Waals surface area contributed by atoms with Gasteiger partial charge in [-0.1, -0.05) is 12.8 Å². The standard InChI is InChI=1S/C20H22FNO6/c1-11(22-18(24)13-5-3-4-6-14(13)19(22)25)20(26)28-10-16(23)12-7-8-17(27-2)15(21)9-12/h7-9,11,13-14H,3-6,10H2,1-2H3/t11-,13-,14+/m0/s1. The Hall–Kier alpha value is -2.77. The van der Waals surface area contributed by atoms with Gasteiger partial charge in [-0.15, -0.1) is 0 Å². The summed E-state index contributed by atoms with van der Waals surface area (Å²) in [5.74, 6) is -3.57. The summed E-state index contributed by atoms with van der Waals surface area (Å²) in [6, 6.07) is 2.55. The molecule has 1 aromatic rings. The van der Waals surface area contributed by atoms with Gasteiger partial charge in [0.05, 0.1) is 18.9 Å². The molecule has 0 unspecified atom stereocenters. The summed E-state index contributed by atoms with van der Waals surface area (Å²) in [6.45, 7) is 0.797. The molecule has 0 spiro atoms. The number of benzene rings is 1. The van der Waals surface area contributed by atoms with Crippen LogP contribution in [0.3, 0.4) is 0 Å². The smallest absolute Gasteiger partial charge is 0.329 e. The van der Waals surface area contributed by atoms with E-state index in [4.69, 9.17) is 9.47 Å². The maximum absolute atomic E-state index is 13.7. The molecule has 1 saturated carbocycles. The van der Waals surface area contributed by atoms with Crippen molar-refractivity contribution in [2.45, 2.75) is 38.6 Å². The highest BCUT2D eigenvalue weighted by Gasteiger charge is 2.51. The van der Waals surface area contributed by atoms with E-state index in [9.17, 15) is 23.6 Å². The SMILES string of the molecule is COc1ccc(C(=O)COC(=O)[C@H](C)N2C(=O)[C@H]3CCCC[C@H]3C2=O)cc1F. The van der Waals surface area contributed by atoms with Crippen LogP contribution in [-0.2, 0) is 19.1 Å². The van der Waals surface area contributed by atoms with Gasteiger partial charge in [0.15, 0.2) is 24.0 Å². The van der Waals surface area contributed by atoms with Gasteiger partial charge < -0.3 is 9.47 Å². The maximum atomic E-state index is 13.7. The van der Waals surface area contributed by atoms with Crippen LogP contribution in [0.5, 0.6) is 5.75 Å². The number of amides is 2. The monoisotopic (exact) mass is 391 g/mol. The van der Waals surface area contributed by atoms with Crippen molar-refractivity contribution < 1.29 is 33.0 Å². The molecule has 1 saturated heterocycles. The molecule has 0 aromatic heterocycles. The Bertz CT molecular complexity index is 799. The highest BCUT2D eigenvalue weighted by atomic mass is 19.1. The summed E-state index contributed by atoms with van der Waals surface area (Å²) >= 11 is 0. The van der Waals surface area contributed by atoms with Gasteiger partial charge in [-0.05, 0) is 38.0 Å². The molecule has 3 atom stereocenters. The van der Waals surface area contributed by atoms with Crippen LogP contribution in [0, 0.1) is 17.7 Å². The van der Waals surface area contributed by atoms with E-state index in [2.05, 4.69) is 0 Å². The van der Waals surface area contributed by atoms with Crippen LogP contribution in [0.15, 0.2) is 18.2 Å². The van der Waals surface area contributed by atoms with Crippen LogP contribution in [-0.4, -0.2) is 48.2 Å². The van der Waals surface area contributed by atoms with Crippen molar-refractivity contribution >= 4 is 23.6 Å². The molecule has 2 aliphatic rings. The van der Waals surface area contributed by atoms with Crippen molar-refractivity contribution in [2.24, 2.45) is 11.8 Å². The van der Waals surface area contributed by atoms with Crippen LogP contribution in [0.4, 0.5) is 4.39 Å². The van der Waals surface area contributed by atoms with Gasteiger partial charge in [0.2, 0.25) is 11.8 Å². The third-order valence-electron chi connectivity index (χ3n) is 5.42. The second-order valence-corrected chi connectivity index (χ2v) is 7.10. The maximum Gasteiger partial charge on any atom is 0.329 e. The van der Waals surface area contributed by atoms with Gasteiger partial charge in [-0.2, -0.15) is 0 Å². The minimum atomic E-state index is -1.11. The summed E-state index contributed by atoms with van der Waals surface area (Å²) < 4.78 is 23.5. The Labute approximate surface area is 161 Å². The predicted octanol–water partition coefficient (Wildman–Crippen LogP) is 2.12. The number of carbonyl (C=O) groups is 4. The minimum Gasteiger partial charge on any atom is -0.494 e. The number of Topliss-reactive ketones (excluding diaryl/α,β-unsaturated/α-hetero) is 1. The first-order valence-corrected chi connectivity index (χ1v) is 9.25. The molecule has 1 heterocycles. The van der Waals surface area contributed by atoms with E-state index in [0.29, 0.717) is 12.8 Å². The number of hydrogen-bond acceptors (Lipinski definition) is 6. The zero-order valence-electron chi connectivity index (χ0n) is 15.8. The lowest BCUT2D eigenvalue weighted by atomic mass is 9.81. The van der Waals surface area contributed by atoms with E-state index in [1.807, 2.05) is 0 Å². The fourth-order valence-electron chi connectivity index (χ4n) is 3.86. The molecule has 1 aliphatic heterocycles. The van der Waals surface area contributed by atoms with Crippen LogP contribution in [0.2, 0.25) is 0 Å². The molecule has 2 amide bonds. The minimum absolute atomic E-state index is 0.00491. The van der Waals surface area contributed by atoms with E-state index in [-0.39, 0.29) is 35.0 Å². The number of imide groups is 1. The van der Waals surface area contributed by atoms with Crippen molar-refractivity contribution in [2.75, 3.05) is 13.7 Å². The molecule has 0 bridgehead atoms. The number of hydrogen-bond donors (Lipinski definition) is 0. The molecule has 0 N–H and O–H groups in total. The van der Waals surface area contributed by atoms with Crippen LogP contribution in [0.1, 0.15) is 43.0 Å². The number of fused-ring (bicyclic) bond motifs is 1. The lowest BCUT2D eigenvalue weighted by Crippen LogP contribution is -2.44. The van der Waals surface area contributed by atoms with Crippen molar-refractivity contribution in [3.63, 3.8) is 0 Å². The third kappa shape index (κ3) is 3.63. The number of ketones is 1. The van der Waals surface area contributed by atoms with Crippen LogP contribution < -0.4 is 4.74 Å². The van der Waals surface area contributed by atoms with Crippen LogP contribution >= 0.6 is 0 Å². The zero-order valence-corrected chi connectivity index (χ0v) is 15.8. The van der Waals surface area contributed by atoms with Gasteiger partial charge in [-0.25, -0.2) is 9.18 Å². The molecular formula is C20H22FNO6.